The highest BCUT2D eigenvalue weighted by molar-refractivity contribution is 7.92. The van der Waals surface area contributed by atoms with Crippen molar-refractivity contribution in [3.8, 4) is 0 Å². The molecule has 0 unspecified atom stereocenters. The van der Waals surface area contributed by atoms with Gasteiger partial charge in [0.2, 0.25) is 5.91 Å². The molecular weight excluding hydrogens is 516 g/mol. The molecule has 12 heteroatoms. The van der Waals surface area contributed by atoms with Crippen molar-refractivity contribution in [1.82, 2.24) is 9.47 Å². The van der Waals surface area contributed by atoms with Crippen LogP contribution < -0.4 is 9.70 Å². The van der Waals surface area contributed by atoms with Gasteiger partial charge in [0.15, 0.2) is 14.6 Å². The van der Waals surface area contributed by atoms with Gasteiger partial charge in [-0.2, -0.15) is 4.99 Å². The van der Waals surface area contributed by atoms with E-state index in [1.54, 1.807) is 36.7 Å². The highest BCUT2D eigenvalue weighted by atomic mass is 32.2. The number of carbonyl (C=O) groups excluding carboxylic acids is 3. The van der Waals surface area contributed by atoms with Crippen LogP contribution in [0.2, 0.25) is 0 Å². The molecule has 1 saturated heterocycles. The Bertz CT molecular complexity index is 1490. The minimum absolute atomic E-state index is 0.255. The van der Waals surface area contributed by atoms with E-state index in [1.807, 2.05) is 30.3 Å². The maximum Gasteiger partial charge on any atom is 0.338 e. The van der Waals surface area contributed by atoms with Crippen LogP contribution in [-0.4, -0.2) is 80.0 Å². The van der Waals surface area contributed by atoms with Crippen molar-refractivity contribution in [2.24, 2.45) is 12.0 Å². The number of amides is 2. The average Bonchev–Trinajstić information content (AvgIpc) is 3.18. The summed E-state index contributed by atoms with van der Waals surface area (Å²) in [6.45, 7) is 4.00. The SMILES string of the molecule is CCOC(=O)c1ccc2c(c1)sc(=NC(=O)CS(=O)(=O)CC(=O)N1CCN(c3ccccc3)CC1)n2C. The van der Waals surface area contributed by atoms with Crippen molar-refractivity contribution in [1.29, 1.82) is 0 Å². The van der Waals surface area contributed by atoms with Gasteiger partial charge in [-0.25, -0.2) is 13.2 Å². The van der Waals surface area contributed by atoms with Gasteiger partial charge in [0.1, 0.15) is 11.5 Å². The number of piperazine rings is 1. The molecule has 2 aromatic carbocycles. The minimum atomic E-state index is -4.00. The van der Waals surface area contributed by atoms with Crippen molar-refractivity contribution in [2.75, 3.05) is 49.2 Å². The third-order valence-corrected chi connectivity index (χ3v) is 8.45. The number of para-hydroxylation sites is 1. The van der Waals surface area contributed by atoms with E-state index in [0.29, 0.717) is 41.2 Å². The summed E-state index contributed by atoms with van der Waals surface area (Å²) in [6, 6.07) is 14.8. The average molecular weight is 545 g/mol. The van der Waals surface area contributed by atoms with Crippen LogP contribution >= 0.6 is 11.3 Å². The summed E-state index contributed by atoms with van der Waals surface area (Å²) in [5.41, 5.74) is 2.16. The number of hydrogen-bond acceptors (Lipinski definition) is 8. The number of rotatable bonds is 7. The summed E-state index contributed by atoms with van der Waals surface area (Å²) in [4.78, 5) is 45.1. The number of nitrogens with zero attached hydrogens (tertiary/aromatic N) is 4. The maximum absolute atomic E-state index is 12.6. The van der Waals surface area contributed by atoms with Gasteiger partial charge in [-0.3, -0.25) is 9.59 Å². The second-order valence-corrected chi connectivity index (χ2v) is 11.7. The van der Waals surface area contributed by atoms with Crippen LogP contribution in [0.15, 0.2) is 53.5 Å². The fourth-order valence-electron chi connectivity index (χ4n) is 4.09. The molecule has 0 radical (unpaired) electrons. The zero-order chi connectivity index (χ0) is 26.6. The first-order valence-electron chi connectivity index (χ1n) is 11.8. The minimum Gasteiger partial charge on any atom is -0.462 e. The van der Waals surface area contributed by atoms with E-state index >= 15 is 0 Å². The number of carbonyl (C=O) groups is 3. The van der Waals surface area contributed by atoms with Crippen molar-refractivity contribution < 1.29 is 27.5 Å². The lowest BCUT2D eigenvalue weighted by Crippen LogP contribution is -2.50. The fraction of sp³-hybridized carbons (Fsp3) is 0.360. The van der Waals surface area contributed by atoms with Gasteiger partial charge >= 0.3 is 5.97 Å². The topological polar surface area (TPSA) is 118 Å². The number of fused-ring (bicyclic) bond motifs is 1. The predicted octanol–water partition coefficient (Wildman–Crippen LogP) is 1.61. The lowest BCUT2D eigenvalue weighted by atomic mass is 10.2. The first kappa shape index (κ1) is 26.6. The number of anilines is 1. The van der Waals surface area contributed by atoms with Crippen molar-refractivity contribution in [3.05, 3.63) is 58.9 Å². The van der Waals surface area contributed by atoms with Gasteiger partial charge in [-0.1, -0.05) is 29.5 Å². The monoisotopic (exact) mass is 544 g/mol. The summed E-state index contributed by atoms with van der Waals surface area (Å²) in [7, 11) is -2.30. The van der Waals surface area contributed by atoms with Gasteiger partial charge in [-0.05, 0) is 37.3 Å². The van der Waals surface area contributed by atoms with E-state index in [4.69, 9.17) is 4.74 Å². The van der Waals surface area contributed by atoms with Crippen LogP contribution in [0.4, 0.5) is 5.69 Å². The summed E-state index contributed by atoms with van der Waals surface area (Å²) in [5.74, 6) is -3.41. The molecule has 196 valence electrons. The van der Waals surface area contributed by atoms with E-state index < -0.39 is 39.1 Å². The summed E-state index contributed by atoms with van der Waals surface area (Å²) in [6.07, 6.45) is 0. The van der Waals surface area contributed by atoms with Crippen LogP contribution in [0.3, 0.4) is 0 Å². The highest BCUT2D eigenvalue weighted by Crippen LogP contribution is 2.19. The molecule has 1 fully saturated rings. The van der Waals surface area contributed by atoms with Crippen molar-refractivity contribution >= 4 is 54.9 Å². The van der Waals surface area contributed by atoms with E-state index in [1.165, 1.54) is 4.90 Å². The molecule has 0 aliphatic carbocycles. The van der Waals surface area contributed by atoms with Gasteiger partial charge in [0, 0.05) is 38.9 Å². The molecule has 2 heterocycles. The van der Waals surface area contributed by atoms with E-state index in [9.17, 15) is 22.8 Å². The van der Waals surface area contributed by atoms with Gasteiger partial charge in [0.25, 0.3) is 5.91 Å². The van der Waals surface area contributed by atoms with Crippen molar-refractivity contribution in [3.63, 3.8) is 0 Å². The normalized spacial score (nSPS) is 14.7. The molecule has 1 aliphatic rings. The first-order chi connectivity index (χ1) is 17.7. The third kappa shape index (κ3) is 6.44. The van der Waals surface area contributed by atoms with Gasteiger partial charge in [-0.15, -0.1) is 0 Å². The Labute approximate surface area is 218 Å². The Hall–Kier alpha value is -3.51. The van der Waals surface area contributed by atoms with Crippen LogP contribution in [0.1, 0.15) is 17.3 Å². The summed E-state index contributed by atoms with van der Waals surface area (Å²) in [5, 5.41) is 0. The molecule has 2 amide bonds. The smallest absolute Gasteiger partial charge is 0.338 e. The Morgan fingerprint density at radius 1 is 1.00 bits per heavy atom. The van der Waals surface area contributed by atoms with E-state index in [-0.39, 0.29) is 6.61 Å². The van der Waals surface area contributed by atoms with Gasteiger partial charge < -0.3 is 19.1 Å². The second-order valence-electron chi connectivity index (χ2n) is 8.59. The first-order valence-corrected chi connectivity index (χ1v) is 14.4. The number of aryl methyl sites for hydroxylation is 1. The van der Waals surface area contributed by atoms with Crippen LogP contribution in [-0.2, 0) is 31.2 Å². The standard InChI is InChI=1S/C25H28N4O6S2/c1-3-35-24(32)18-9-10-20-21(15-18)36-25(27(20)2)26-22(30)16-37(33,34)17-23(31)29-13-11-28(12-14-29)19-7-5-4-6-8-19/h4-10,15H,3,11-14,16-17H2,1-2H3. The summed E-state index contributed by atoms with van der Waals surface area (Å²) >= 11 is 1.16. The molecule has 0 N–H and O–H groups in total. The fourth-order valence-corrected chi connectivity index (χ4v) is 6.27. The molecule has 3 aromatic rings. The Balaban J connectivity index is 1.39. The largest absolute Gasteiger partial charge is 0.462 e. The number of sulfone groups is 1. The molecule has 37 heavy (non-hydrogen) atoms. The Morgan fingerprint density at radius 3 is 2.38 bits per heavy atom. The Morgan fingerprint density at radius 2 is 1.70 bits per heavy atom. The predicted molar refractivity (Wildman–Crippen MR) is 141 cm³/mol. The second kappa shape index (κ2) is 11.3. The lowest BCUT2D eigenvalue weighted by molar-refractivity contribution is -0.128. The molecular formula is C25H28N4O6S2. The Kier molecular flexibility index (Phi) is 8.08. The molecule has 1 aliphatic heterocycles. The number of ether oxygens (including phenoxy) is 1. The van der Waals surface area contributed by atoms with Crippen LogP contribution in [0.25, 0.3) is 10.2 Å². The van der Waals surface area contributed by atoms with Gasteiger partial charge in [0.05, 0.1) is 22.4 Å². The van der Waals surface area contributed by atoms with E-state index in [2.05, 4.69) is 9.89 Å². The lowest BCUT2D eigenvalue weighted by Gasteiger charge is -2.36. The van der Waals surface area contributed by atoms with Crippen LogP contribution in [0.5, 0.6) is 0 Å². The number of hydrogen-bond donors (Lipinski definition) is 0. The molecule has 0 saturated carbocycles. The van der Waals surface area contributed by atoms with E-state index in [0.717, 1.165) is 22.5 Å². The number of aromatic nitrogens is 1. The number of esters is 1. The molecule has 0 bridgehead atoms. The van der Waals surface area contributed by atoms with Crippen LogP contribution in [0, 0.1) is 0 Å². The zero-order valence-electron chi connectivity index (χ0n) is 20.6. The molecule has 1 aromatic heterocycles. The third-order valence-electron chi connectivity index (χ3n) is 5.98. The summed E-state index contributed by atoms with van der Waals surface area (Å²) < 4.78 is 32.6. The molecule has 10 nitrogen and oxygen atoms in total. The van der Waals surface area contributed by atoms with Crippen molar-refractivity contribution in [2.45, 2.75) is 6.92 Å². The zero-order valence-corrected chi connectivity index (χ0v) is 22.3. The number of benzene rings is 2. The molecule has 4 rings (SSSR count). The quantitative estimate of drug-likeness (QED) is 0.415. The molecule has 0 atom stereocenters. The highest BCUT2D eigenvalue weighted by Gasteiger charge is 2.27. The number of thiazole rings is 1. The maximum atomic E-state index is 12.6. The molecule has 0 spiro atoms.